The van der Waals surface area contributed by atoms with Gasteiger partial charge in [-0.25, -0.2) is 0 Å². The Kier molecular flexibility index (Phi) is 13.6. The lowest BCUT2D eigenvalue weighted by Crippen LogP contribution is -2.65. The van der Waals surface area contributed by atoms with E-state index in [0.717, 1.165) is 41.4 Å². The molecule has 5 N–H and O–H groups in total. The highest BCUT2D eigenvalue weighted by Crippen LogP contribution is 2.67. The molecule has 0 amide bonds. The van der Waals surface area contributed by atoms with Gasteiger partial charge in [-0.3, -0.25) is 4.79 Å². The topological polar surface area (TPSA) is 110 Å². The quantitative estimate of drug-likeness (QED) is 0.0595. The average Bonchev–Trinajstić information content (AvgIpc) is 3.41. The maximum Gasteiger partial charge on any atom is 0.145 e. The van der Waals surface area contributed by atoms with E-state index in [0.29, 0.717) is 57.1 Å². The molecule has 4 rings (SSSR count). The fourth-order valence-corrected chi connectivity index (χ4v) is 9.09. The molecular weight excluding hydrogens is 598 g/mol. The van der Waals surface area contributed by atoms with Gasteiger partial charge in [0.2, 0.25) is 0 Å². The van der Waals surface area contributed by atoms with Gasteiger partial charge in [0.15, 0.2) is 0 Å². The van der Waals surface area contributed by atoms with Gasteiger partial charge < -0.3 is 25.7 Å². The van der Waals surface area contributed by atoms with Crippen molar-refractivity contribution in [2.75, 3.05) is 20.2 Å². The summed E-state index contributed by atoms with van der Waals surface area (Å²) in [6.45, 7) is 10.8. The normalized spacial score (nSPS) is 31.7. The van der Waals surface area contributed by atoms with Crippen LogP contribution in [0.1, 0.15) is 77.7 Å². The SMILES string of the molecule is C=C(C=CC=C(C(O)CCc1ccccc1)C1CCC2(C1O)C1C(=C(C)C=O)C(C=CC1CCO)CC2(O)CCNC)CCC=C(C)C. The molecule has 1 aromatic carbocycles. The number of aryl methyl sites for hydroxylation is 1. The van der Waals surface area contributed by atoms with Crippen LogP contribution in [0.3, 0.4) is 0 Å². The summed E-state index contributed by atoms with van der Waals surface area (Å²) < 4.78 is 0. The van der Waals surface area contributed by atoms with Crippen molar-refractivity contribution in [3.05, 3.63) is 107 Å². The Hall–Kier alpha value is -2.87. The lowest BCUT2D eigenvalue weighted by Gasteiger charge is -2.61. The van der Waals surface area contributed by atoms with E-state index in [4.69, 9.17) is 0 Å². The van der Waals surface area contributed by atoms with Crippen molar-refractivity contribution in [1.29, 1.82) is 0 Å². The van der Waals surface area contributed by atoms with Crippen LogP contribution in [0, 0.1) is 29.1 Å². The van der Waals surface area contributed by atoms with Crippen LogP contribution in [0.2, 0.25) is 0 Å². The highest BCUT2D eigenvalue weighted by atomic mass is 16.3. The largest absolute Gasteiger partial charge is 0.396 e. The van der Waals surface area contributed by atoms with E-state index >= 15 is 0 Å². The fraction of sp³-hybridized carbons (Fsp3) is 0.548. The average molecular weight is 658 g/mol. The first-order valence-electron chi connectivity index (χ1n) is 17.9. The first kappa shape index (κ1) is 37.9. The molecule has 0 aromatic heterocycles. The lowest BCUT2D eigenvalue weighted by molar-refractivity contribution is -0.194. The summed E-state index contributed by atoms with van der Waals surface area (Å²) in [4.78, 5) is 12.3. The van der Waals surface area contributed by atoms with E-state index in [1.54, 1.807) is 0 Å². The fourth-order valence-electron chi connectivity index (χ4n) is 9.09. The predicted octanol–water partition coefficient (Wildman–Crippen LogP) is 6.58. The van der Waals surface area contributed by atoms with Crippen LogP contribution >= 0.6 is 0 Å². The predicted molar refractivity (Wildman–Crippen MR) is 195 cm³/mol. The number of aliphatic hydroxyl groups excluding tert-OH is 3. The molecule has 8 unspecified atom stereocenters. The molecule has 1 spiro atoms. The van der Waals surface area contributed by atoms with Crippen LogP contribution in [0.25, 0.3) is 0 Å². The highest BCUT2D eigenvalue weighted by molar-refractivity contribution is 5.74. The standard InChI is InChI=1S/C42H59NO5/c1-29(2)11-9-12-30(3)13-10-16-35(37(46)20-17-32-14-7-6-8-15-32)36-21-23-42(40(36)47)39-33(22-26-44)18-19-34(38(39)31(4)28-45)27-41(42,48)24-25-43-5/h6-8,10-11,13-16,18-19,28,33-34,36-37,39-40,43-44,46-48H,3,9,12,17,20-27H2,1-2,4-5H3. The van der Waals surface area contributed by atoms with Crippen molar-refractivity contribution >= 4 is 6.29 Å². The highest BCUT2D eigenvalue weighted by Gasteiger charge is 2.68. The van der Waals surface area contributed by atoms with Crippen molar-refractivity contribution in [1.82, 2.24) is 5.32 Å². The van der Waals surface area contributed by atoms with E-state index in [1.807, 2.05) is 50.4 Å². The van der Waals surface area contributed by atoms with E-state index < -0.39 is 29.1 Å². The Labute approximate surface area is 288 Å². The second-order valence-corrected chi connectivity index (χ2v) is 14.7. The summed E-state index contributed by atoms with van der Waals surface area (Å²) in [5.74, 6) is -0.949. The zero-order valence-corrected chi connectivity index (χ0v) is 29.6. The molecular formula is C42H59NO5. The number of carbonyl (C=O) groups excluding carboxylic acids is 1. The Morgan fingerprint density at radius 2 is 1.92 bits per heavy atom. The monoisotopic (exact) mass is 657 g/mol. The minimum absolute atomic E-state index is 0.0280. The van der Waals surface area contributed by atoms with Crippen molar-refractivity contribution < 1.29 is 25.2 Å². The number of carbonyl (C=O) groups is 1. The number of aldehydes is 1. The second-order valence-electron chi connectivity index (χ2n) is 14.7. The Bertz CT molecular complexity index is 1400. The summed E-state index contributed by atoms with van der Waals surface area (Å²) in [6.07, 6.45) is 16.9. The van der Waals surface area contributed by atoms with Gasteiger partial charge in [-0.1, -0.05) is 90.1 Å². The molecule has 1 aromatic rings. The van der Waals surface area contributed by atoms with Gasteiger partial charge in [0.25, 0.3) is 0 Å². The number of hydrogen-bond acceptors (Lipinski definition) is 6. The number of hydrogen-bond donors (Lipinski definition) is 5. The van der Waals surface area contributed by atoms with Gasteiger partial charge >= 0.3 is 0 Å². The Morgan fingerprint density at radius 1 is 1.17 bits per heavy atom. The molecule has 48 heavy (non-hydrogen) atoms. The third kappa shape index (κ3) is 8.11. The van der Waals surface area contributed by atoms with Crippen LogP contribution in [0.4, 0.5) is 0 Å². The summed E-state index contributed by atoms with van der Waals surface area (Å²) in [5, 5.41) is 50.8. The molecule has 6 heteroatoms. The third-order valence-corrected chi connectivity index (χ3v) is 11.4. The first-order valence-corrected chi connectivity index (χ1v) is 17.9. The van der Waals surface area contributed by atoms with Gasteiger partial charge in [-0.15, -0.1) is 0 Å². The van der Waals surface area contributed by atoms with E-state index in [-0.39, 0.29) is 24.4 Å². The lowest BCUT2D eigenvalue weighted by atomic mass is 9.45. The van der Waals surface area contributed by atoms with Crippen molar-refractivity contribution in [3.63, 3.8) is 0 Å². The van der Waals surface area contributed by atoms with Crippen LogP contribution in [0.15, 0.2) is 101 Å². The maximum absolute atomic E-state index is 12.8. The molecule has 0 heterocycles. The molecule has 8 atom stereocenters. The minimum atomic E-state index is -1.22. The number of nitrogens with one attached hydrogen (secondary N) is 1. The molecule has 0 radical (unpaired) electrons. The van der Waals surface area contributed by atoms with Gasteiger partial charge in [0.05, 0.1) is 17.8 Å². The van der Waals surface area contributed by atoms with Gasteiger partial charge in [0, 0.05) is 23.9 Å². The first-order chi connectivity index (χ1) is 23.0. The molecule has 2 fully saturated rings. The zero-order chi connectivity index (χ0) is 34.9. The van der Waals surface area contributed by atoms with Gasteiger partial charge in [0.1, 0.15) is 6.29 Å². The number of allylic oxidation sites excluding steroid dienone is 10. The van der Waals surface area contributed by atoms with Crippen LogP contribution in [0.5, 0.6) is 0 Å². The number of fused-ring (bicyclic) bond motifs is 3. The van der Waals surface area contributed by atoms with Crippen LogP contribution in [-0.4, -0.2) is 64.7 Å². The molecule has 262 valence electrons. The minimum Gasteiger partial charge on any atom is -0.396 e. The number of benzene rings is 1. The molecule has 3 aliphatic carbocycles. The Morgan fingerprint density at radius 3 is 2.58 bits per heavy atom. The summed E-state index contributed by atoms with van der Waals surface area (Å²) in [6, 6.07) is 10.1. The summed E-state index contributed by atoms with van der Waals surface area (Å²) in [7, 11) is 1.87. The van der Waals surface area contributed by atoms with Crippen LogP contribution < -0.4 is 5.32 Å². The van der Waals surface area contributed by atoms with Crippen LogP contribution in [-0.2, 0) is 11.2 Å². The summed E-state index contributed by atoms with van der Waals surface area (Å²) in [5.41, 5.74) is 3.63. The molecule has 0 aliphatic heterocycles. The third-order valence-electron chi connectivity index (χ3n) is 11.4. The number of rotatable bonds is 16. The summed E-state index contributed by atoms with van der Waals surface area (Å²) >= 11 is 0. The zero-order valence-electron chi connectivity index (χ0n) is 29.6. The Balaban J connectivity index is 1.77. The maximum atomic E-state index is 12.8. The van der Waals surface area contributed by atoms with E-state index in [9.17, 15) is 25.2 Å². The second kappa shape index (κ2) is 17.2. The molecule has 2 saturated carbocycles. The van der Waals surface area contributed by atoms with E-state index in [1.165, 1.54) is 5.57 Å². The smallest absolute Gasteiger partial charge is 0.145 e. The molecule has 3 aliphatic rings. The molecule has 6 nitrogen and oxygen atoms in total. The van der Waals surface area contributed by atoms with Crippen molar-refractivity contribution in [2.24, 2.45) is 29.1 Å². The molecule has 2 bridgehead atoms. The van der Waals surface area contributed by atoms with Gasteiger partial charge in [-0.2, -0.15) is 0 Å². The van der Waals surface area contributed by atoms with Gasteiger partial charge in [-0.05, 0) is 121 Å². The van der Waals surface area contributed by atoms with E-state index in [2.05, 4.69) is 56.1 Å². The van der Waals surface area contributed by atoms with Crippen molar-refractivity contribution in [3.8, 4) is 0 Å². The van der Waals surface area contributed by atoms with Crippen molar-refractivity contribution in [2.45, 2.75) is 96.4 Å². The molecule has 0 saturated heterocycles. The number of aliphatic hydroxyl groups is 4.